The highest BCUT2D eigenvalue weighted by Gasteiger charge is 2.17. The fourth-order valence-corrected chi connectivity index (χ4v) is 4.67. The summed E-state index contributed by atoms with van der Waals surface area (Å²) in [4.78, 5) is 17.8. The Labute approximate surface area is 211 Å². The number of pyridine rings is 1. The summed E-state index contributed by atoms with van der Waals surface area (Å²) in [6.07, 6.45) is 5.19. The zero-order valence-corrected chi connectivity index (χ0v) is 20.3. The van der Waals surface area contributed by atoms with Gasteiger partial charge in [0.2, 0.25) is 0 Å². The fraction of sp³-hybridized carbons (Fsp3) is 0.160. The lowest BCUT2D eigenvalue weighted by molar-refractivity contribution is 0.691. The highest BCUT2D eigenvalue weighted by atomic mass is 35.5. The van der Waals surface area contributed by atoms with Crippen molar-refractivity contribution in [3.8, 4) is 28.3 Å². The molecule has 2 aromatic carbocycles. The third kappa shape index (κ3) is 4.50. The van der Waals surface area contributed by atoms with E-state index in [0.29, 0.717) is 33.8 Å². The highest BCUT2D eigenvalue weighted by Crippen LogP contribution is 2.29. The van der Waals surface area contributed by atoms with Crippen LogP contribution in [0.15, 0.2) is 71.8 Å². The molecular formula is C25H21Cl2N7O. The molecule has 0 fully saturated rings. The number of para-hydroxylation sites is 1. The Bertz CT molecular complexity index is 1500. The maximum Gasteiger partial charge on any atom is 0.333 e. The van der Waals surface area contributed by atoms with Gasteiger partial charge in [-0.15, -0.1) is 5.10 Å². The van der Waals surface area contributed by atoms with Crippen molar-refractivity contribution < 1.29 is 0 Å². The van der Waals surface area contributed by atoms with Crippen LogP contribution < -0.4 is 5.69 Å². The van der Waals surface area contributed by atoms with Gasteiger partial charge in [-0.05, 0) is 46.2 Å². The Hall–Kier alpha value is -3.75. The van der Waals surface area contributed by atoms with Crippen molar-refractivity contribution in [2.45, 2.75) is 26.3 Å². The van der Waals surface area contributed by atoms with Crippen molar-refractivity contribution in [3.05, 3.63) is 98.8 Å². The molecule has 0 atom stereocenters. The van der Waals surface area contributed by atoms with E-state index in [0.717, 1.165) is 35.2 Å². The van der Waals surface area contributed by atoms with Gasteiger partial charge in [0.1, 0.15) is 5.69 Å². The summed E-state index contributed by atoms with van der Waals surface area (Å²) in [6, 6.07) is 17.1. The molecule has 35 heavy (non-hydrogen) atoms. The second-order valence-corrected chi connectivity index (χ2v) is 8.84. The van der Waals surface area contributed by atoms with Gasteiger partial charge in [-0.1, -0.05) is 72.9 Å². The van der Waals surface area contributed by atoms with Crippen molar-refractivity contribution in [2.24, 2.45) is 0 Å². The molecule has 0 saturated carbocycles. The molecule has 0 aliphatic rings. The summed E-state index contributed by atoms with van der Waals surface area (Å²) < 4.78 is 3.31. The first-order chi connectivity index (χ1) is 17.1. The van der Waals surface area contributed by atoms with Crippen molar-refractivity contribution in [2.75, 3.05) is 0 Å². The highest BCUT2D eigenvalue weighted by molar-refractivity contribution is 6.37. The fourth-order valence-electron chi connectivity index (χ4n) is 4.09. The van der Waals surface area contributed by atoms with E-state index >= 15 is 0 Å². The summed E-state index contributed by atoms with van der Waals surface area (Å²) in [5.41, 5.74) is 4.77. The maximum atomic E-state index is 13.4. The zero-order valence-electron chi connectivity index (χ0n) is 18.8. The Morgan fingerprint density at radius 2 is 1.77 bits per heavy atom. The third-order valence-corrected chi connectivity index (χ3v) is 6.34. The first-order valence-electron chi connectivity index (χ1n) is 11.1. The van der Waals surface area contributed by atoms with E-state index in [-0.39, 0.29) is 5.69 Å². The van der Waals surface area contributed by atoms with Gasteiger partial charge in [-0.25, -0.2) is 9.89 Å². The Kier molecular flexibility index (Phi) is 6.48. The van der Waals surface area contributed by atoms with Crippen LogP contribution in [0.1, 0.15) is 24.6 Å². The number of hydrogen-bond acceptors (Lipinski definition) is 5. The molecule has 1 N–H and O–H groups in total. The predicted octanol–water partition coefficient (Wildman–Crippen LogP) is 5.19. The number of hydrogen-bond donors (Lipinski definition) is 1. The Morgan fingerprint density at radius 3 is 2.46 bits per heavy atom. The Morgan fingerprint density at radius 1 is 1.00 bits per heavy atom. The summed E-state index contributed by atoms with van der Waals surface area (Å²) in [7, 11) is 0. The van der Waals surface area contributed by atoms with Crippen molar-refractivity contribution >= 4 is 23.2 Å². The minimum absolute atomic E-state index is 0.181. The number of nitrogens with one attached hydrogen (secondary N) is 1. The lowest BCUT2D eigenvalue weighted by Crippen LogP contribution is -2.25. The second-order valence-electron chi connectivity index (χ2n) is 8.03. The number of tetrazole rings is 1. The minimum Gasteiger partial charge on any atom is -0.292 e. The monoisotopic (exact) mass is 505 g/mol. The smallest absolute Gasteiger partial charge is 0.292 e. The number of rotatable bonds is 7. The molecule has 0 aliphatic carbocycles. The van der Waals surface area contributed by atoms with E-state index in [1.54, 1.807) is 29.0 Å². The molecule has 5 aromatic rings. The van der Waals surface area contributed by atoms with Crippen LogP contribution >= 0.6 is 23.2 Å². The number of halogens is 2. The summed E-state index contributed by atoms with van der Waals surface area (Å²) >= 11 is 12.8. The standard InChI is InChI=1S/C25H21Cl2N7O/c1-2-5-18-15-34(23-20(26)7-3-8-21(23)27)25(35)33(18)14-16-9-11-17(12-10-16)19-6-4-13-28-22(19)24-29-31-32-30-24/h3-4,6-13,15H,2,5,14H2,1H3,(H,29,30,31,32). The van der Waals surface area contributed by atoms with Crippen LogP contribution in [0.25, 0.3) is 28.3 Å². The van der Waals surface area contributed by atoms with E-state index in [9.17, 15) is 4.79 Å². The lowest BCUT2D eigenvalue weighted by Gasteiger charge is -2.10. The first kappa shape index (κ1) is 23.0. The van der Waals surface area contributed by atoms with Crippen LogP contribution in [0.5, 0.6) is 0 Å². The van der Waals surface area contributed by atoms with Crippen LogP contribution in [0.2, 0.25) is 10.0 Å². The molecule has 0 aliphatic heterocycles. The molecule has 0 unspecified atom stereocenters. The van der Waals surface area contributed by atoms with Crippen LogP contribution in [0.3, 0.4) is 0 Å². The van der Waals surface area contributed by atoms with Gasteiger partial charge in [0.25, 0.3) is 0 Å². The molecule has 5 rings (SSSR count). The van der Waals surface area contributed by atoms with Crippen LogP contribution in [0, 0.1) is 0 Å². The summed E-state index contributed by atoms with van der Waals surface area (Å²) in [5, 5.41) is 14.9. The van der Waals surface area contributed by atoms with Crippen LogP contribution in [0.4, 0.5) is 0 Å². The molecule has 8 nitrogen and oxygen atoms in total. The average Bonchev–Trinajstić information content (AvgIpc) is 3.50. The summed E-state index contributed by atoms with van der Waals surface area (Å²) in [6.45, 7) is 2.51. The quantitative estimate of drug-likeness (QED) is 0.328. The average molecular weight is 506 g/mol. The third-order valence-electron chi connectivity index (χ3n) is 5.73. The lowest BCUT2D eigenvalue weighted by atomic mass is 10.0. The molecule has 176 valence electrons. The number of H-pyrrole nitrogens is 1. The SMILES string of the molecule is CCCc1cn(-c2c(Cl)cccc2Cl)c(=O)n1Cc1ccc(-c2cccnc2-c2nnn[nH]2)cc1. The van der Waals surface area contributed by atoms with E-state index in [2.05, 4.69) is 32.5 Å². The number of aromatic amines is 1. The van der Waals surface area contributed by atoms with Gasteiger partial charge in [-0.2, -0.15) is 0 Å². The van der Waals surface area contributed by atoms with E-state index in [4.69, 9.17) is 23.2 Å². The Balaban J connectivity index is 1.49. The molecule has 0 radical (unpaired) electrons. The molecule has 0 spiro atoms. The van der Waals surface area contributed by atoms with Crippen molar-refractivity contribution in [3.63, 3.8) is 0 Å². The van der Waals surface area contributed by atoms with Gasteiger partial charge in [-0.3, -0.25) is 14.1 Å². The molecular weight excluding hydrogens is 485 g/mol. The van der Waals surface area contributed by atoms with Gasteiger partial charge in [0.15, 0.2) is 5.82 Å². The van der Waals surface area contributed by atoms with E-state index in [1.165, 1.54) is 4.57 Å². The minimum atomic E-state index is -0.181. The van der Waals surface area contributed by atoms with Gasteiger partial charge < -0.3 is 0 Å². The van der Waals surface area contributed by atoms with E-state index < -0.39 is 0 Å². The van der Waals surface area contributed by atoms with Crippen molar-refractivity contribution in [1.29, 1.82) is 0 Å². The number of nitrogens with zero attached hydrogens (tertiary/aromatic N) is 6. The number of aromatic nitrogens is 7. The maximum absolute atomic E-state index is 13.4. The largest absolute Gasteiger partial charge is 0.333 e. The molecule has 0 amide bonds. The van der Waals surface area contributed by atoms with Gasteiger partial charge >= 0.3 is 5.69 Å². The van der Waals surface area contributed by atoms with Gasteiger partial charge in [0.05, 0.1) is 22.3 Å². The number of benzene rings is 2. The molecule has 3 heterocycles. The molecule has 0 saturated heterocycles. The summed E-state index contributed by atoms with van der Waals surface area (Å²) in [5.74, 6) is 0.500. The number of aryl methyl sites for hydroxylation is 1. The van der Waals surface area contributed by atoms with Crippen LogP contribution in [-0.2, 0) is 13.0 Å². The normalized spacial score (nSPS) is 11.2. The predicted molar refractivity (Wildman–Crippen MR) is 136 cm³/mol. The first-order valence-corrected chi connectivity index (χ1v) is 11.9. The van der Waals surface area contributed by atoms with Gasteiger partial charge in [0, 0.05) is 23.7 Å². The second kappa shape index (κ2) is 9.85. The van der Waals surface area contributed by atoms with Crippen LogP contribution in [-0.4, -0.2) is 34.7 Å². The topological polar surface area (TPSA) is 94.3 Å². The molecule has 10 heteroatoms. The van der Waals surface area contributed by atoms with Crippen molar-refractivity contribution in [1.82, 2.24) is 34.7 Å². The number of imidazole rings is 1. The zero-order chi connectivity index (χ0) is 24.4. The molecule has 3 aromatic heterocycles. The van der Waals surface area contributed by atoms with E-state index in [1.807, 2.05) is 42.6 Å². The molecule has 0 bridgehead atoms.